The minimum Gasteiger partial charge on any atom is -0.484 e. The zero-order chi connectivity index (χ0) is 16.1. The maximum absolute atomic E-state index is 11.6. The summed E-state index contributed by atoms with van der Waals surface area (Å²) in [5.41, 5.74) is 1.20. The van der Waals surface area contributed by atoms with Crippen molar-refractivity contribution in [1.29, 1.82) is 0 Å². The number of nitrogens with one attached hydrogen (secondary N) is 1. The predicted octanol–water partition coefficient (Wildman–Crippen LogP) is 3.69. The Morgan fingerprint density at radius 2 is 1.57 bits per heavy atom. The van der Waals surface area contributed by atoms with Gasteiger partial charge in [0, 0.05) is 6.54 Å². The lowest BCUT2D eigenvalue weighted by Gasteiger charge is -2.09. The summed E-state index contributed by atoms with van der Waals surface area (Å²) < 4.78 is 11.2. The lowest BCUT2D eigenvalue weighted by Crippen LogP contribution is -2.30. The SMILES string of the molecule is Cc1ccc(Oc2ccc(OCC(=O)NCC3CC3)cc2)cc1. The van der Waals surface area contributed by atoms with Crippen LogP contribution in [0.2, 0.25) is 0 Å². The number of hydrogen-bond donors (Lipinski definition) is 1. The van der Waals surface area contributed by atoms with E-state index in [0.29, 0.717) is 11.7 Å². The highest BCUT2D eigenvalue weighted by Crippen LogP contribution is 2.27. The van der Waals surface area contributed by atoms with Gasteiger partial charge in [-0.1, -0.05) is 17.7 Å². The van der Waals surface area contributed by atoms with Crippen molar-refractivity contribution < 1.29 is 14.3 Å². The van der Waals surface area contributed by atoms with Gasteiger partial charge in [0.2, 0.25) is 0 Å². The smallest absolute Gasteiger partial charge is 0.257 e. The zero-order valence-corrected chi connectivity index (χ0v) is 13.2. The molecule has 0 unspecified atom stereocenters. The Hall–Kier alpha value is -2.49. The van der Waals surface area contributed by atoms with Crippen LogP contribution in [0.15, 0.2) is 48.5 Å². The van der Waals surface area contributed by atoms with Gasteiger partial charge in [0.25, 0.3) is 5.91 Å². The van der Waals surface area contributed by atoms with Gasteiger partial charge in [0.05, 0.1) is 0 Å². The fourth-order valence-electron chi connectivity index (χ4n) is 2.13. The molecule has 0 aromatic heterocycles. The lowest BCUT2D eigenvalue weighted by molar-refractivity contribution is -0.123. The van der Waals surface area contributed by atoms with Crippen LogP contribution >= 0.6 is 0 Å². The third-order valence-electron chi connectivity index (χ3n) is 3.74. The van der Waals surface area contributed by atoms with Gasteiger partial charge in [0.15, 0.2) is 6.61 Å². The summed E-state index contributed by atoms with van der Waals surface area (Å²) in [5, 5.41) is 2.87. The van der Waals surface area contributed by atoms with Gasteiger partial charge < -0.3 is 14.8 Å². The largest absolute Gasteiger partial charge is 0.484 e. The second-order valence-electron chi connectivity index (χ2n) is 5.92. The van der Waals surface area contributed by atoms with Crippen LogP contribution in [0.3, 0.4) is 0 Å². The predicted molar refractivity (Wildman–Crippen MR) is 88.9 cm³/mol. The summed E-state index contributed by atoms with van der Waals surface area (Å²) in [5.74, 6) is 2.79. The Labute approximate surface area is 136 Å². The van der Waals surface area contributed by atoms with Crippen LogP contribution in [0.25, 0.3) is 0 Å². The van der Waals surface area contributed by atoms with Crippen LogP contribution in [-0.2, 0) is 4.79 Å². The maximum Gasteiger partial charge on any atom is 0.257 e. The van der Waals surface area contributed by atoms with E-state index in [1.54, 1.807) is 12.1 Å². The van der Waals surface area contributed by atoms with E-state index in [0.717, 1.165) is 18.0 Å². The molecule has 1 fully saturated rings. The monoisotopic (exact) mass is 311 g/mol. The van der Waals surface area contributed by atoms with E-state index >= 15 is 0 Å². The van der Waals surface area contributed by atoms with Gasteiger partial charge in [-0.2, -0.15) is 0 Å². The average Bonchev–Trinajstić information content (AvgIpc) is 3.39. The molecule has 0 radical (unpaired) electrons. The van der Waals surface area contributed by atoms with Crippen molar-refractivity contribution in [3.8, 4) is 17.2 Å². The Kier molecular flexibility index (Phi) is 4.81. The summed E-state index contributed by atoms with van der Waals surface area (Å²) in [4.78, 5) is 11.6. The van der Waals surface area contributed by atoms with Crippen molar-refractivity contribution in [3.63, 3.8) is 0 Å². The minimum absolute atomic E-state index is 0.0465. The van der Waals surface area contributed by atoms with Gasteiger partial charge in [-0.25, -0.2) is 0 Å². The highest BCUT2D eigenvalue weighted by molar-refractivity contribution is 5.77. The molecular weight excluding hydrogens is 290 g/mol. The molecule has 2 aromatic carbocycles. The molecular formula is C19H21NO3. The molecule has 3 rings (SSSR count). The quantitative estimate of drug-likeness (QED) is 0.848. The molecule has 4 heteroatoms. The highest BCUT2D eigenvalue weighted by Gasteiger charge is 2.21. The topological polar surface area (TPSA) is 47.6 Å². The highest BCUT2D eigenvalue weighted by atomic mass is 16.5. The van der Waals surface area contributed by atoms with Crippen molar-refractivity contribution in [2.45, 2.75) is 19.8 Å². The van der Waals surface area contributed by atoms with Crippen LogP contribution in [0.4, 0.5) is 0 Å². The van der Waals surface area contributed by atoms with E-state index in [1.165, 1.54) is 18.4 Å². The summed E-state index contributed by atoms with van der Waals surface area (Å²) in [6.45, 7) is 2.85. The molecule has 0 heterocycles. The van der Waals surface area contributed by atoms with E-state index in [-0.39, 0.29) is 12.5 Å². The molecule has 0 bridgehead atoms. The molecule has 1 aliphatic carbocycles. The normalized spacial score (nSPS) is 13.4. The van der Waals surface area contributed by atoms with Crippen LogP contribution in [0, 0.1) is 12.8 Å². The van der Waals surface area contributed by atoms with Crippen LogP contribution in [0.1, 0.15) is 18.4 Å². The van der Waals surface area contributed by atoms with Crippen LogP contribution in [0.5, 0.6) is 17.2 Å². The molecule has 23 heavy (non-hydrogen) atoms. The first-order valence-corrected chi connectivity index (χ1v) is 7.93. The van der Waals surface area contributed by atoms with E-state index in [9.17, 15) is 4.79 Å². The fraction of sp³-hybridized carbons (Fsp3) is 0.316. The molecule has 2 aromatic rings. The second-order valence-corrected chi connectivity index (χ2v) is 5.92. The van der Waals surface area contributed by atoms with Gasteiger partial charge in [-0.3, -0.25) is 4.79 Å². The van der Waals surface area contributed by atoms with Crippen molar-refractivity contribution in [2.75, 3.05) is 13.2 Å². The van der Waals surface area contributed by atoms with Crippen molar-refractivity contribution in [1.82, 2.24) is 5.32 Å². The summed E-state index contributed by atoms with van der Waals surface area (Å²) >= 11 is 0. The zero-order valence-electron chi connectivity index (χ0n) is 13.2. The van der Waals surface area contributed by atoms with E-state index in [4.69, 9.17) is 9.47 Å². The van der Waals surface area contributed by atoms with Gasteiger partial charge in [-0.15, -0.1) is 0 Å². The molecule has 1 N–H and O–H groups in total. The summed E-state index contributed by atoms with van der Waals surface area (Å²) in [7, 11) is 0. The minimum atomic E-state index is -0.0723. The van der Waals surface area contributed by atoms with Gasteiger partial charge in [-0.05, 0) is 62.1 Å². The van der Waals surface area contributed by atoms with E-state index < -0.39 is 0 Å². The molecule has 4 nitrogen and oxygen atoms in total. The number of hydrogen-bond acceptors (Lipinski definition) is 3. The first-order valence-electron chi connectivity index (χ1n) is 7.93. The number of carbonyl (C=O) groups excluding carboxylic acids is 1. The standard InChI is InChI=1S/C19H21NO3/c1-14-2-6-17(7-3-14)23-18-10-8-16(9-11-18)22-13-19(21)20-12-15-4-5-15/h2-3,6-11,15H,4-5,12-13H2,1H3,(H,20,21). The number of ether oxygens (including phenoxy) is 2. The molecule has 1 amide bonds. The number of benzene rings is 2. The van der Waals surface area contributed by atoms with Gasteiger partial charge >= 0.3 is 0 Å². The molecule has 0 aliphatic heterocycles. The lowest BCUT2D eigenvalue weighted by atomic mass is 10.2. The second kappa shape index (κ2) is 7.18. The molecule has 0 spiro atoms. The van der Waals surface area contributed by atoms with Crippen LogP contribution in [-0.4, -0.2) is 19.1 Å². The molecule has 1 aliphatic rings. The van der Waals surface area contributed by atoms with Gasteiger partial charge in [0.1, 0.15) is 17.2 Å². The van der Waals surface area contributed by atoms with Crippen molar-refractivity contribution in [2.24, 2.45) is 5.92 Å². The van der Waals surface area contributed by atoms with E-state index in [2.05, 4.69) is 5.32 Å². The molecule has 120 valence electrons. The fourth-order valence-corrected chi connectivity index (χ4v) is 2.13. The Balaban J connectivity index is 1.46. The molecule has 1 saturated carbocycles. The third-order valence-corrected chi connectivity index (χ3v) is 3.74. The number of carbonyl (C=O) groups is 1. The first-order chi connectivity index (χ1) is 11.2. The Morgan fingerprint density at radius 3 is 2.17 bits per heavy atom. The van der Waals surface area contributed by atoms with E-state index in [1.807, 2.05) is 43.3 Å². The Morgan fingerprint density at radius 1 is 1.00 bits per heavy atom. The summed E-state index contributed by atoms with van der Waals surface area (Å²) in [6.07, 6.45) is 2.45. The number of aryl methyl sites for hydroxylation is 1. The third kappa shape index (κ3) is 5.02. The summed E-state index contributed by atoms with van der Waals surface area (Å²) in [6, 6.07) is 15.2. The van der Waals surface area contributed by atoms with Crippen LogP contribution < -0.4 is 14.8 Å². The van der Waals surface area contributed by atoms with Crippen molar-refractivity contribution in [3.05, 3.63) is 54.1 Å². The molecule has 0 saturated heterocycles. The average molecular weight is 311 g/mol. The maximum atomic E-state index is 11.6. The number of amides is 1. The molecule has 0 atom stereocenters. The Bertz CT molecular complexity index is 645. The number of rotatable bonds is 7. The first kappa shape index (κ1) is 15.4. The van der Waals surface area contributed by atoms with Crippen molar-refractivity contribution >= 4 is 5.91 Å².